The van der Waals surface area contributed by atoms with E-state index in [0.29, 0.717) is 28.5 Å². The number of nitrogens with zero attached hydrogens (tertiary/aromatic N) is 5. The second kappa shape index (κ2) is 5.51. The SMILES string of the molecule is COC(=O)c1ccc([C@H]2c3c(C)n[nH]c(=O)c3Nc3nnnn32)cc1. The fourth-order valence-electron chi connectivity index (χ4n) is 2.92. The van der Waals surface area contributed by atoms with Crippen LogP contribution < -0.4 is 10.9 Å². The van der Waals surface area contributed by atoms with E-state index in [9.17, 15) is 9.59 Å². The molecule has 3 aromatic rings. The first-order valence-electron chi connectivity index (χ1n) is 7.42. The third kappa shape index (κ3) is 2.26. The Morgan fingerprint density at radius 3 is 2.76 bits per heavy atom. The number of fused-ring (bicyclic) bond motifs is 2. The van der Waals surface area contributed by atoms with Crippen molar-refractivity contribution >= 4 is 17.6 Å². The largest absolute Gasteiger partial charge is 0.465 e. The van der Waals surface area contributed by atoms with Crippen LogP contribution in [0.3, 0.4) is 0 Å². The van der Waals surface area contributed by atoms with E-state index in [-0.39, 0.29) is 5.56 Å². The van der Waals surface area contributed by atoms with Gasteiger partial charge in [-0.2, -0.15) is 9.78 Å². The molecule has 1 aromatic carbocycles. The van der Waals surface area contributed by atoms with Gasteiger partial charge in [-0.1, -0.05) is 17.2 Å². The smallest absolute Gasteiger partial charge is 0.337 e. The van der Waals surface area contributed by atoms with Gasteiger partial charge in [0.1, 0.15) is 11.7 Å². The molecule has 0 radical (unpaired) electrons. The average molecular weight is 339 g/mol. The Morgan fingerprint density at radius 2 is 2.04 bits per heavy atom. The number of esters is 1. The van der Waals surface area contributed by atoms with Crippen molar-refractivity contribution in [3.63, 3.8) is 0 Å². The van der Waals surface area contributed by atoms with Crippen molar-refractivity contribution in [2.24, 2.45) is 0 Å². The number of tetrazole rings is 1. The number of carbonyl (C=O) groups excluding carboxylic acids is 1. The Bertz CT molecular complexity index is 1020. The summed E-state index contributed by atoms with van der Waals surface area (Å²) in [6.07, 6.45) is 0. The molecule has 10 heteroatoms. The summed E-state index contributed by atoms with van der Waals surface area (Å²) in [4.78, 5) is 23.8. The second-order valence-electron chi connectivity index (χ2n) is 5.52. The van der Waals surface area contributed by atoms with Crippen molar-refractivity contribution in [1.29, 1.82) is 0 Å². The number of rotatable bonds is 2. The molecule has 0 saturated heterocycles. The van der Waals surface area contributed by atoms with Gasteiger partial charge in [0.2, 0.25) is 5.95 Å². The molecule has 0 saturated carbocycles. The number of anilines is 2. The normalized spacial score (nSPS) is 15.0. The highest BCUT2D eigenvalue weighted by Gasteiger charge is 2.32. The van der Waals surface area contributed by atoms with Gasteiger partial charge >= 0.3 is 5.97 Å². The summed E-state index contributed by atoms with van der Waals surface area (Å²) >= 11 is 0. The Kier molecular flexibility index (Phi) is 3.31. The standard InChI is InChI=1S/C15H13N7O3/c1-7-10-11(13(23)18-17-7)16-15-19-20-21-22(15)12(10)8-3-5-9(6-4-8)14(24)25-2/h3-6,12H,1-2H3,(H,18,23)(H,16,19,21)/t12-/m0/s1. The van der Waals surface area contributed by atoms with Crippen molar-refractivity contribution in [2.45, 2.75) is 13.0 Å². The fourth-order valence-corrected chi connectivity index (χ4v) is 2.92. The zero-order valence-corrected chi connectivity index (χ0v) is 13.3. The van der Waals surface area contributed by atoms with Crippen LogP contribution in [0.15, 0.2) is 29.1 Å². The lowest BCUT2D eigenvalue weighted by Gasteiger charge is -2.27. The van der Waals surface area contributed by atoms with E-state index >= 15 is 0 Å². The lowest BCUT2D eigenvalue weighted by Crippen LogP contribution is -2.29. The summed E-state index contributed by atoms with van der Waals surface area (Å²) in [6.45, 7) is 1.79. The third-order valence-electron chi connectivity index (χ3n) is 4.11. The molecule has 25 heavy (non-hydrogen) atoms. The quantitative estimate of drug-likeness (QED) is 0.507. The maximum absolute atomic E-state index is 12.2. The average Bonchev–Trinajstić information content (AvgIpc) is 3.11. The number of aryl methyl sites for hydroxylation is 1. The molecule has 1 aliphatic heterocycles. The molecule has 0 amide bonds. The van der Waals surface area contributed by atoms with Crippen LogP contribution >= 0.6 is 0 Å². The minimum atomic E-state index is -0.442. The molecule has 126 valence electrons. The predicted molar refractivity (Wildman–Crippen MR) is 85.7 cm³/mol. The molecule has 0 bridgehead atoms. The van der Waals surface area contributed by atoms with Crippen molar-refractivity contribution in [3.8, 4) is 0 Å². The maximum Gasteiger partial charge on any atom is 0.337 e. The number of H-pyrrole nitrogens is 1. The molecule has 0 unspecified atom stereocenters. The Labute approximate surface area is 140 Å². The number of hydrogen-bond acceptors (Lipinski definition) is 8. The first-order chi connectivity index (χ1) is 12.1. The molecular formula is C15H13N7O3. The first-order valence-corrected chi connectivity index (χ1v) is 7.42. The lowest BCUT2D eigenvalue weighted by molar-refractivity contribution is 0.0600. The second-order valence-corrected chi connectivity index (χ2v) is 5.52. The van der Waals surface area contributed by atoms with E-state index in [2.05, 4.69) is 31.0 Å². The fraction of sp³-hybridized carbons (Fsp3) is 0.200. The van der Waals surface area contributed by atoms with Gasteiger partial charge in [-0.15, -0.1) is 0 Å². The van der Waals surface area contributed by atoms with Gasteiger partial charge in [0, 0.05) is 5.56 Å². The number of aromatic nitrogens is 6. The van der Waals surface area contributed by atoms with Crippen LogP contribution in [0.25, 0.3) is 0 Å². The molecule has 4 rings (SSSR count). The molecular weight excluding hydrogens is 326 g/mol. The van der Waals surface area contributed by atoms with Crippen LogP contribution in [-0.2, 0) is 4.74 Å². The number of carbonyl (C=O) groups is 1. The van der Waals surface area contributed by atoms with Gasteiger partial charge in [0.15, 0.2) is 0 Å². The monoisotopic (exact) mass is 339 g/mol. The van der Waals surface area contributed by atoms with Gasteiger partial charge in [0.05, 0.1) is 18.4 Å². The van der Waals surface area contributed by atoms with Gasteiger partial charge < -0.3 is 10.1 Å². The Hall–Kier alpha value is -3.56. The number of nitrogens with one attached hydrogen (secondary N) is 2. The van der Waals surface area contributed by atoms with Gasteiger partial charge in [-0.3, -0.25) is 4.79 Å². The number of methoxy groups -OCH3 is 1. The molecule has 2 N–H and O–H groups in total. The van der Waals surface area contributed by atoms with Crippen molar-refractivity contribution < 1.29 is 9.53 Å². The minimum absolute atomic E-state index is 0.352. The maximum atomic E-state index is 12.2. The van der Waals surface area contributed by atoms with E-state index in [4.69, 9.17) is 4.74 Å². The molecule has 1 aliphatic rings. The highest BCUT2D eigenvalue weighted by Crippen LogP contribution is 2.37. The summed E-state index contributed by atoms with van der Waals surface area (Å²) in [5.41, 5.74) is 2.56. The van der Waals surface area contributed by atoms with Crippen molar-refractivity contribution in [2.75, 3.05) is 12.4 Å². The van der Waals surface area contributed by atoms with Crippen LogP contribution in [0.2, 0.25) is 0 Å². The zero-order valence-electron chi connectivity index (χ0n) is 13.3. The summed E-state index contributed by atoms with van der Waals surface area (Å²) in [5.74, 6) is -0.0692. The molecule has 0 fully saturated rings. The summed E-state index contributed by atoms with van der Waals surface area (Å²) in [6, 6.07) is 6.42. The number of ether oxygens (including phenoxy) is 1. The summed E-state index contributed by atoms with van der Waals surface area (Å²) < 4.78 is 6.29. The first kappa shape index (κ1) is 15.0. The van der Waals surface area contributed by atoms with Gasteiger partial charge in [-0.05, 0) is 35.0 Å². The highest BCUT2D eigenvalue weighted by molar-refractivity contribution is 5.89. The van der Waals surface area contributed by atoms with Gasteiger partial charge in [-0.25, -0.2) is 9.89 Å². The molecule has 0 aliphatic carbocycles. The zero-order chi connectivity index (χ0) is 17.6. The van der Waals surface area contributed by atoms with E-state index in [1.54, 1.807) is 35.9 Å². The van der Waals surface area contributed by atoms with Crippen LogP contribution in [0, 0.1) is 6.92 Å². The van der Waals surface area contributed by atoms with Crippen molar-refractivity contribution in [1.82, 2.24) is 30.4 Å². The van der Waals surface area contributed by atoms with E-state index in [1.807, 2.05) is 0 Å². The molecule has 3 heterocycles. The summed E-state index contributed by atoms with van der Waals surface area (Å²) in [7, 11) is 1.33. The number of benzene rings is 1. The molecule has 10 nitrogen and oxygen atoms in total. The van der Waals surface area contributed by atoms with Gasteiger partial charge in [0.25, 0.3) is 5.56 Å². The topological polar surface area (TPSA) is 128 Å². The minimum Gasteiger partial charge on any atom is -0.465 e. The van der Waals surface area contributed by atoms with Crippen LogP contribution in [0.5, 0.6) is 0 Å². The third-order valence-corrected chi connectivity index (χ3v) is 4.11. The number of aromatic amines is 1. The Morgan fingerprint density at radius 1 is 1.28 bits per heavy atom. The van der Waals surface area contributed by atoms with E-state index < -0.39 is 12.0 Å². The molecule has 2 aromatic heterocycles. The molecule has 1 atom stereocenters. The van der Waals surface area contributed by atoms with Crippen molar-refractivity contribution in [3.05, 3.63) is 57.0 Å². The molecule has 0 spiro atoms. The highest BCUT2D eigenvalue weighted by atomic mass is 16.5. The number of hydrogen-bond donors (Lipinski definition) is 2. The van der Waals surface area contributed by atoms with Crippen LogP contribution in [-0.4, -0.2) is 43.5 Å². The predicted octanol–water partition coefficient (Wildman–Crippen LogP) is 0.546. The van der Waals surface area contributed by atoms with E-state index in [1.165, 1.54) is 7.11 Å². The Balaban J connectivity index is 1.90. The van der Waals surface area contributed by atoms with E-state index in [0.717, 1.165) is 5.56 Å². The van der Waals surface area contributed by atoms with Crippen LogP contribution in [0.4, 0.5) is 11.6 Å². The lowest BCUT2D eigenvalue weighted by atomic mass is 9.94. The summed E-state index contributed by atoms with van der Waals surface area (Å²) in [5, 5.41) is 21.0. The van der Waals surface area contributed by atoms with Crippen LogP contribution in [0.1, 0.15) is 33.2 Å².